The molecule has 4 heteroatoms. The molecule has 0 aromatic heterocycles. The molecule has 1 aromatic carbocycles. The lowest BCUT2D eigenvalue weighted by Gasteiger charge is -2.35. The molecule has 0 aliphatic heterocycles. The van der Waals surface area contributed by atoms with Crippen LogP contribution in [0.1, 0.15) is 18.4 Å². The highest BCUT2D eigenvalue weighted by atomic mass is 79.9. The van der Waals surface area contributed by atoms with Gasteiger partial charge in [-0.1, -0.05) is 62.2 Å². The molecule has 1 aromatic rings. The third-order valence-corrected chi connectivity index (χ3v) is 6.36. The summed E-state index contributed by atoms with van der Waals surface area (Å²) >= 11 is 7.21. The van der Waals surface area contributed by atoms with Gasteiger partial charge in [-0.2, -0.15) is 0 Å². The molecular weight excluding hydrogens is 360 g/mol. The van der Waals surface area contributed by atoms with Crippen LogP contribution in [0.5, 0.6) is 0 Å². The van der Waals surface area contributed by atoms with Gasteiger partial charge in [0.1, 0.15) is 0 Å². The Kier molecular flexibility index (Phi) is 4.84. The Bertz CT molecular complexity index is 408. The topological polar surface area (TPSA) is 37.3 Å². The smallest absolute Gasteiger partial charge is 0.306 e. The maximum absolute atomic E-state index is 11.4. The van der Waals surface area contributed by atoms with E-state index in [4.69, 9.17) is 0 Å². The molecule has 1 saturated carbocycles. The summed E-state index contributed by atoms with van der Waals surface area (Å²) in [5.74, 6) is -0.703. The van der Waals surface area contributed by atoms with Crippen LogP contribution in [0.25, 0.3) is 0 Å². The summed E-state index contributed by atoms with van der Waals surface area (Å²) in [6.45, 7) is 0. The van der Waals surface area contributed by atoms with E-state index in [9.17, 15) is 9.90 Å². The number of carboxylic acid groups (broad SMARTS) is 1. The zero-order valence-corrected chi connectivity index (χ0v) is 13.1. The fraction of sp³-hybridized carbons (Fsp3) is 0.500. The number of rotatable bonds is 3. The SMILES string of the molecule is O=C(O)C1CC(Br)[C@@H](Br)C[C@H]1Cc1ccccc1. The van der Waals surface area contributed by atoms with Crippen molar-refractivity contribution < 1.29 is 9.90 Å². The summed E-state index contributed by atoms with van der Waals surface area (Å²) in [6, 6.07) is 10.1. The van der Waals surface area contributed by atoms with Gasteiger partial charge in [0.15, 0.2) is 0 Å². The summed E-state index contributed by atoms with van der Waals surface area (Å²) in [7, 11) is 0. The summed E-state index contributed by atoms with van der Waals surface area (Å²) in [5.41, 5.74) is 1.22. The van der Waals surface area contributed by atoms with Crippen LogP contribution in [-0.2, 0) is 11.2 Å². The first kappa shape index (κ1) is 14.1. The van der Waals surface area contributed by atoms with Crippen LogP contribution in [0.4, 0.5) is 0 Å². The van der Waals surface area contributed by atoms with E-state index >= 15 is 0 Å². The number of hydrogen-bond donors (Lipinski definition) is 1. The zero-order valence-electron chi connectivity index (χ0n) is 9.93. The molecule has 0 radical (unpaired) electrons. The van der Waals surface area contributed by atoms with Gasteiger partial charge in [-0.15, -0.1) is 0 Å². The van der Waals surface area contributed by atoms with Crippen LogP contribution in [0.2, 0.25) is 0 Å². The van der Waals surface area contributed by atoms with E-state index < -0.39 is 5.97 Å². The predicted molar refractivity (Wildman–Crippen MR) is 79.4 cm³/mol. The first-order chi connectivity index (χ1) is 8.58. The Hall–Kier alpha value is -0.350. The number of hydrogen-bond acceptors (Lipinski definition) is 1. The van der Waals surface area contributed by atoms with Gasteiger partial charge in [0, 0.05) is 9.65 Å². The second-order valence-corrected chi connectivity index (χ2v) is 7.25. The van der Waals surface area contributed by atoms with Crippen molar-refractivity contribution in [3.05, 3.63) is 35.9 Å². The fourth-order valence-corrected chi connectivity index (χ4v) is 3.94. The van der Waals surface area contributed by atoms with Gasteiger partial charge in [0.05, 0.1) is 5.92 Å². The molecule has 18 heavy (non-hydrogen) atoms. The van der Waals surface area contributed by atoms with Gasteiger partial charge in [0.25, 0.3) is 0 Å². The Morgan fingerprint density at radius 3 is 2.39 bits per heavy atom. The van der Waals surface area contributed by atoms with Gasteiger partial charge < -0.3 is 5.11 Å². The highest BCUT2D eigenvalue weighted by molar-refractivity contribution is 9.12. The van der Waals surface area contributed by atoms with E-state index in [1.807, 2.05) is 18.2 Å². The van der Waals surface area contributed by atoms with E-state index in [0.29, 0.717) is 11.2 Å². The minimum absolute atomic E-state index is 0.211. The molecule has 2 rings (SSSR count). The van der Waals surface area contributed by atoms with Gasteiger partial charge in [0.2, 0.25) is 0 Å². The van der Waals surface area contributed by atoms with Crippen molar-refractivity contribution in [1.82, 2.24) is 0 Å². The van der Waals surface area contributed by atoms with Crippen molar-refractivity contribution in [2.75, 3.05) is 0 Å². The van der Waals surface area contributed by atoms with Crippen molar-refractivity contribution in [3.8, 4) is 0 Å². The summed E-state index contributed by atoms with van der Waals surface area (Å²) in [5, 5.41) is 9.35. The minimum Gasteiger partial charge on any atom is -0.481 e. The number of alkyl halides is 2. The first-order valence-electron chi connectivity index (χ1n) is 6.12. The van der Waals surface area contributed by atoms with Gasteiger partial charge >= 0.3 is 5.97 Å². The van der Waals surface area contributed by atoms with Crippen molar-refractivity contribution in [2.45, 2.75) is 28.9 Å². The number of benzene rings is 1. The predicted octanol–water partition coefficient (Wildman–Crippen LogP) is 3.87. The van der Waals surface area contributed by atoms with E-state index in [-0.39, 0.29) is 16.7 Å². The Morgan fingerprint density at radius 1 is 1.17 bits per heavy atom. The standard InChI is InChI=1S/C14H16Br2O2/c15-12-7-10(6-9-4-2-1-3-5-9)11(14(17)18)8-13(12)16/h1-5,10-13H,6-8H2,(H,17,18)/t10-,11?,12+,13?/m1/s1. The van der Waals surface area contributed by atoms with E-state index in [2.05, 4.69) is 44.0 Å². The molecule has 2 nitrogen and oxygen atoms in total. The molecule has 1 fully saturated rings. The molecule has 0 saturated heterocycles. The molecule has 0 heterocycles. The van der Waals surface area contributed by atoms with Crippen molar-refractivity contribution in [1.29, 1.82) is 0 Å². The van der Waals surface area contributed by atoms with Crippen LogP contribution in [-0.4, -0.2) is 20.7 Å². The lowest BCUT2D eigenvalue weighted by molar-refractivity contribution is -0.144. The Labute approximate surface area is 124 Å². The first-order valence-corrected chi connectivity index (χ1v) is 7.96. The largest absolute Gasteiger partial charge is 0.481 e. The van der Waals surface area contributed by atoms with E-state index in [1.165, 1.54) is 5.56 Å². The number of carbonyl (C=O) groups is 1. The monoisotopic (exact) mass is 374 g/mol. The maximum atomic E-state index is 11.4. The molecule has 4 atom stereocenters. The highest BCUT2D eigenvalue weighted by Gasteiger charge is 2.38. The molecule has 2 unspecified atom stereocenters. The lowest BCUT2D eigenvalue weighted by Crippen LogP contribution is -2.37. The molecule has 0 spiro atoms. The average Bonchev–Trinajstić information content (AvgIpc) is 2.34. The second kappa shape index (κ2) is 6.20. The van der Waals surface area contributed by atoms with Gasteiger partial charge in [-0.3, -0.25) is 4.79 Å². The zero-order chi connectivity index (χ0) is 13.1. The van der Waals surface area contributed by atoms with Crippen LogP contribution in [0.15, 0.2) is 30.3 Å². The van der Waals surface area contributed by atoms with Crippen LogP contribution in [0.3, 0.4) is 0 Å². The van der Waals surface area contributed by atoms with Crippen LogP contribution >= 0.6 is 31.9 Å². The van der Waals surface area contributed by atoms with Gasteiger partial charge in [-0.05, 0) is 30.7 Å². The van der Waals surface area contributed by atoms with E-state index in [0.717, 1.165) is 12.8 Å². The lowest BCUT2D eigenvalue weighted by atomic mass is 9.76. The number of halogens is 2. The van der Waals surface area contributed by atoms with Crippen molar-refractivity contribution in [2.24, 2.45) is 11.8 Å². The molecular formula is C14H16Br2O2. The van der Waals surface area contributed by atoms with Crippen molar-refractivity contribution in [3.63, 3.8) is 0 Å². The maximum Gasteiger partial charge on any atom is 0.306 e. The Balaban J connectivity index is 2.11. The molecule has 1 aliphatic carbocycles. The van der Waals surface area contributed by atoms with Crippen molar-refractivity contribution >= 4 is 37.8 Å². The molecule has 98 valence electrons. The summed E-state index contributed by atoms with van der Waals surface area (Å²) in [6.07, 6.45) is 2.45. The van der Waals surface area contributed by atoms with Gasteiger partial charge in [-0.25, -0.2) is 0 Å². The van der Waals surface area contributed by atoms with Crippen LogP contribution in [0, 0.1) is 11.8 Å². The summed E-state index contributed by atoms with van der Waals surface area (Å²) < 4.78 is 0. The third-order valence-electron chi connectivity index (χ3n) is 3.63. The Morgan fingerprint density at radius 2 is 1.78 bits per heavy atom. The number of aliphatic carboxylic acids is 1. The average molecular weight is 376 g/mol. The highest BCUT2D eigenvalue weighted by Crippen LogP contribution is 2.39. The normalized spacial score (nSPS) is 32.1. The van der Waals surface area contributed by atoms with Crippen LogP contribution < -0.4 is 0 Å². The molecule has 0 amide bonds. The quantitative estimate of drug-likeness (QED) is 0.814. The molecule has 1 aliphatic rings. The number of carboxylic acids is 1. The second-order valence-electron chi connectivity index (χ2n) is 4.90. The third kappa shape index (κ3) is 3.35. The summed E-state index contributed by atoms with van der Waals surface area (Å²) in [4.78, 5) is 12.0. The molecule has 1 N–H and O–H groups in total. The fourth-order valence-electron chi connectivity index (χ4n) is 2.63. The minimum atomic E-state index is -0.667. The molecule has 0 bridgehead atoms. The van der Waals surface area contributed by atoms with E-state index in [1.54, 1.807) is 0 Å².